The maximum absolute atomic E-state index is 9.39. The minimum atomic E-state index is 0.614. The highest BCUT2D eigenvalue weighted by molar-refractivity contribution is 5.66. The van der Waals surface area contributed by atoms with Crippen molar-refractivity contribution in [1.29, 1.82) is 5.26 Å². The molecule has 0 unspecified atom stereocenters. The van der Waals surface area contributed by atoms with Crippen LogP contribution in [-0.4, -0.2) is 34.4 Å². The van der Waals surface area contributed by atoms with Crippen LogP contribution in [0.15, 0.2) is 42.6 Å². The highest BCUT2D eigenvalue weighted by Gasteiger charge is 2.18. The topological polar surface area (TPSA) is 83.8 Å². The smallest absolute Gasteiger partial charge is 0.150 e. The number of aryl methyl sites for hydroxylation is 1. The molecule has 1 aliphatic rings. The molecule has 2 N–H and O–H groups in total. The molecule has 29 heavy (non-hydrogen) atoms. The summed E-state index contributed by atoms with van der Waals surface area (Å²) in [5.74, 6) is 1.04. The van der Waals surface area contributed by atoms with Crippen molar-refractivity contribution in [2.45, 2.75) is 25.7 Å². The maximum Gasteiger partial charge on any atom is 0.150 e. The van der Waals surface area contributed by atoms with Crippen LogP contribution in [0.1, 0.15) is 35.2 Å². The summed E-state index contributed by atoms with van der Waals surface area (Å²) in [7, 11) is 1.99. The van der Waals surface area contributed by atoms with Gasteiger partial charge < -0.3 is 10.6 Å². The van der Waals surface area contributed by atoms with Crippen LogP contribution in [0.4, 0.5) is 5.82 Å². The predicted octanol–water partition coefficient (Wildman–Crippen LogP) is 3.05. The van der Waals surface area contributed by atoms with Gasteiger partial charge in [-0.25, -0.2) is 0 Å². The normalized spacial score (nSPS) is 13.6. The van der Waals surface area contributed by atoms with Gasteiger partial charge in [0.15, 0.2) is 5.82 Å². The highest BCUT2D eigenvalue weighted by atomic mass is 15.3. The quantitative estimate of drug-likeness (QED) is 0.704. The Bertz CT molecular complexity index is 1020. The predicted molar refractivity (Wildman–Crippen MR) is 115 cm³/mol. The van der Waals surface area contributed by atoms with E-state index in [1.807, 2.05) is 42.2 Å². The van der Waals surface area contributed by atoms with Gasteiger partial charge in [0.1, 0.15) is 0 Å². The Morgan fingerprint density at radius 1 is 1.14 bits per heavy atom. The number of nitriles is 1. The molecule has 148 valence electrons. The molecule has 2 aromatic heterocycles. The van der Waals surface area contributed by atoms with E-state index < -0.39 is 0 Å². The van der Waals surface area contributed by atoms with Crippen molar-refractivity contribution in [3.63, 3.8) is 0 Å². The number of benzene rings is 1. The Kier molecular flexibility index (Phi) is 5.59. The van der Waals surface area contributed by atoms with Gasteiger partial charge in [0.2, 0.25) is 0 Å². The summed E-state index contributed by atoms with van der Waals surface area (Å²) in [4.78, 5) is 6.99. The first-order valence-corrected chi connectivity index (χ1v) is 10.1. The number of nitrogens with zero attached hydrogens (tertiary/aromatic N) is 5. The molecule has 6 heteroatoms. The average Bonchev–Trinajstić information content (AvgIpc) is 3.39. The van der Waals surface area contributed by atoms with E-state index in [0.717, 1.165) is 53.4 Å². The van der Waals surface area contributed by atoms with Crippen molar-refractivity contribution < 1.29 is 0 Å². The van der Waals surface area contributed by atoms with Gasteiger partial charge in [-0.15, -0.1) is 0 Å². The van der Waals surface area contributed by atoms with Gasteiger partial charge in [-0.2, -0.15) is 10.4 Å². The summed E-state index contributed by atoms with van der Waals surface area (Å²) in [6.45, 7) is 2.76. The third kappa shape index (κ3) is 4.15. The van der Waals surface area contributed by atoms with Crippen LogP contribution in [0.5, 0.6) is 0 Å². The zero-order valence-electron chi connectivity index (χ0n) is 16.8. The summed E-state index contributed by atoms with van der Waals surface area (Å²) in [5.41, 5.74) is 11.6. The van der Waals surface area contributed by atoms with E-state index in [1.165, 1.54) is 12.8 Å². The standard InChI is InChI=1S/C23H26N6/c1-28-20(14-23(27-28)29-10-2-3-11-29)13-19-12-18(15-25)4-6-21(19)22-7-5-17(8-9-24)16-26-22/h4-7,12,14,16H,2-3,8-11,13,24H2,1H3. The number of nitrogens with two attached hydrogens (primary N) is 1. The largest absolute Gasteiger partial charge is 0.355 e. The minimum Gasteiger partial charge on any atom is -0.355 e. The molecule has 0 radical (unpaired) electrons. The number of aromatic nitrogens is 3. The summed E-state index contributed by atoms with van der Waals surface area (Å²) < 4.78 is 1.95. The number of hydrogen-bond donors (Lipinski definition) is 1. The number of rotatable bonds is 6. The lowest BCUT2D eigenvalue weighted by Crippen LogP contribution is -2.18. The third-order valence-electron chi connectivity index (χ3n) is 5.53. The zero-order valence-corrected chi connectivity index (χ0v) is 16.8. The van der Waals surface area contributed by atoms with Gasteiger partial charge in [-0.3, -0.25) is 9.67 Å². The van der Waals surface area contributed by atoms with E-state index in [-0.39, 0.29) is 0 Å². The molecule has 0 amide bonds. The second kappa shape index (κ2) is 8.46. The first kappa shape index (κ1) is 19.2. The third-order valence-corrected chi connectivity index (χ3v) is 5.53. The molecule has 1 fully saturated rings. The van der Waals surface area contributed by atoms with E-state index in [9.17, 15) is 5.26 Å². The Labute approximate surface area is 171 Å². The lowest BCUT2D eigenvalue weighted by molar-refractivity contribution is 0.717. The van der Waals surface area contributed by atoms with Gasteiger partial charge >= 0.3 is 0 Å². The van der Waals surface area contributed by atoms with Crippen LogP contribution in [0.2, 0.25) is 0 Å². The molecule has 6 nitrogen and oxygen atoms in total. The van der Waals surface area contributed by atoms with E-state index in [1.54, 1.807) is 0 Å². The van der Waals surface area contributed by atoms with Crippen molar-refractivity contribution in [1.82, 2.24) is 14.8 Å². The monoisotopic (exact) mass is 386 g/mol. The Morgan fingerprint density at radius 3 is 2.66 bits per heavy atom. The molecule has 0 atom stereocenters. The van der Waals surface area contributed by atoms with Crippen LogP contribution in [0.3, 0.4) is 0 Å². The summed E-state index contributed by atoms with van der Waals surface area (Å²) in [5, 5.41) is 14.1. The number of anilines is 1. The first-order chi connectivity index (χ1) is 14.2. The fourth-order valence-corrected chi connectivity index (χ4v) is 3.91. The van der Waals surface area contributed by atoms with Gasteiger partial charge in [0.05, 0.1) is 17.3 Å². The average molecular weight is 387 g/mol. The van der Waals surface area contributed by atoms with Crippen molar-refractivity contribution in [2.75, 3.05) is 24.5 Å². The van der Waals surface area contributed by atoms with Crippen molar-refractivity contribution >= 4 is 5.82 Å². The molecule has 1 saturated heterocycles. The summed E-state index contributed by atoms with van der Waals surface area (Å²) in [6, 6.07) is 14.4. The Morgan fingerprint density at radius 2 is 1.97 bits per heavy atom. The van der Waals surface area contributed by atoms with Crippen molar-refractivity contribution in [3.05, 3.63) is 65.0 Å². The molecule has 0 aliphatic carbocycles. The molecular formula is C23H26N6. The molecular weight excluding hydrogens is 360 g/mol. The maximum atomic E-state index is 9.39. The highest BCUT2D eigenvalue weighted by Crippen LogP contribution is 2.27. The van der Waals surface area contributed by atoms with Crippen LogP contribution in [0, 0.1) is 11.3 Å². The van der Waals surface area contributed by atoms with E-state index in [2.05, 4.69) is 28.1 Å². The van der Waals surface area contributed by atoms with Gasteiger partial charge in [0.25, 0.3) is 0 Å². The molecule has 4 rings (SSSR count). The molecule has 3 aromatic rings. The lowest BCUT2D eigenvalue weighted by atomic mass is 9.97. The Hall–Kier alpha value is -3.17. The van der Waals surface area contributed by atoms with Crippen LogP contribution >= 0.6 is 0 Å². The fourth-order valence-electron chi connectivity index (χ4n) is 3.91. The molecule has 0 bridgehead atoms. The SMILES string of the molecule is Cn1nc(N2CCCC2)cc1Cc1cc(C#N)ccc1-c1ccc(CCN)cn1. The van der Waals surface area contributed by atoms with Gasteiger partial charge in [0, 0.05) is 50.1 Å². The first-order valence-electron chi connectivity index (χ1n) is 10.1. The zero-order chi connectivity index (χ0) is 20.2. The van der Waals surface area contributed by atoms with Crippen LogP contribution in [-0.2, 0) is 19.9 Å². The molecule has 1 aromatic carbocycles. The van der Waals surface area contributed by atoms with Crippen LogP contribution < -0.4 is 10.6 Å². The second-order valence-electron chi connectivity index (χ2n) is 7.56. The Balaban J connectivity index is 1.67. The number of hydrogen-bond acceptors (Lipinski definition) is 5. The molecule has 0 saturated carbocycles. The van der Waals surface area contributed by atoms with E-state index in [0.29, 0.717) is 18.5 Å². The second-order valence-corrected chi connectivity index (χ2v) is 7.56. The molecule has 0 spiro atoms. The van der Waals surface area contributed by atoms with Crippen LogP contribution in [0.25, 0.3) is 11.3 Å². The molecule has 3 heterocycles. The van der Waals surface area contributed by atoms with E-state index >= 15 is 0 Å². The minimum absolute atomic E-state index is 0.614. The summed E-state index contributed by atoms with van der Waals surface area (Å²) >= 11 is 0. The fraction of sp³-hybridized carbons (Fsp3) is 0.348. The molecule has 1 aliphatic heterocycles. The van der Waals surface area contributed by atoms with Crippen molar-refractivity contribution in [2.24, 2.45) is 12.8 Å². The summed E-state index contributed by atoms with van der Waals surface area (Å²) in [6.07, 6.45) is 5.87. The lowest BCUT2D eigenvalue weighted by Gasteiger charge is -2.12. The van der Waals surface area contributed by atoms with Gasteiger partial charge in [-0.05, 0) is 55.1 Å². The van der Waals surface area contributed by atoms with Gasteiger partial charge in [-0.1, -0.05) is 12.1 Å². The number of pyridine rings is 1. The van der Waals surface area contributed by atoms with Crippen molar-refractivity contribution in [3.8, 4) is 17.3 Å². The van der Waals surface area contributed by atoms with E-state index in [4.69, 9.17) is 10.8 Å².